The summed E-state index contributed by atoms with van der Waals surface area (Å²) in [5.41, 5.74) is 2.92. The van der Waals surface area contributed by atoms with Crippen LogP contribution in [0.1, 0.15) is 43.9 Å². The third-order valence-electron chi connectivity index (χ3n) is 6.07. The number of morpholine rings is 1. The van der Waals surface area contributed by atoms with E-state index in [1.165, 1.54) is 15.4 Å². The van der Waals surface area contributed by atoms with E-state index >= 15 is 0 Å². The molecule has 1 heterocycles. The number of fused-ring (bicyclic) bond motifs is 1. The van der Waals surface area contributed by atoms with Crippen LogP contribution in [0.25, 0.3) is 0 Å². The van der Waals surface area contributed by atoms with Gasteiger partial charge in [0.15, 0.2) is 0 Å². The molecule has 1 atom stereocenters. The van der Waals surface area contributed by atoms with Crippen LogP contribution in [-0.2, 0) is 26.0 Å². The molecule has 1 aliphatic heterocycles. The second-order valence-electron chi connectivity index (χ2n) is 8.91. The van der Waals surface area contributed by atoms with E-state index < -0.39 is 10.0 Å². The number of nitrogens with zero attached hydrogens (tertiary/aromatic N) is 1. The van der Waals surface area contributed by atoms with Crippen LogP contribution in [0.2, 0.25) is 0 Å². The van der Waals surface area contributed by atoms with Crippen molar-refractivity contribution in [3.8, 4) is 5.75 Å². The number of aryl methyl sites for hydroxylation is 1. The van der Waals surface area contributed by atoms with E-state index in [-0.39, 0.29) is 29.5 Å². The fourth-order valence-corrected chi connectivity index (χ4v) is 5.86. The Hall–Kier alpha value is -2.62. The van der Waals surface area contributed by atoms with E-state index in [0.29, 0.717) is 37.7 Å². The Bertz CT molecular complexity index is 1110. The van der Waals surface area contributed by atoms with Gasteiger partial charge in [-0.15, -0.1) is 0 Å². The molecule has 0 bridgehead atoms. The van der Waals surface area contributed by atoms with Crippen LogP contribution in [-0.4, -0.2) is 57.6 Å². The lowest BCUT2D eigenvalue weighted by Crippen LogP contribution is -2.40. The van der Waals surface area contributed by atoms with Gasteiger partial charge in [-0.05, 0) is 62.4 Å². The number of hydrogen-bond acceptors (Lipinski definition) is 6. The zero-order chi connectivity index (χ0) is 24.1. The van der Waals surface area contributed by atoms with Crippen molar-refractivity contribution >= 4 is 21.6 Å². The maximum absolute atomic E-state index is 13.1. The molecule has 184 valence electrons. The minimum absolute atomic E-state index is 0.00811. The van der Waals surface area contributed by atoms with Crippen molar-refractivity contribution in [1.82, 2.24) is 9.62 Å². The molecule has 1 amide bonds. The van der Waals surface area contributed by atoms with Crippen LogP contribution in [0.4, 0.5) is 5.69 Å². The van der Waals surface area contributed by atoms with Crippen LogP contribution < -0.4 is 15.4 Å². The highest BCUT2D eigenvalue weighted by Gasteiger charge is 2.27. The average Bonchev–Trinajstić information content (AvgIpc) is 2.84. The van der Waals surface area contributed by atoms with E-state index in [4.69, 9.17) is 9.47 Å². The first-order chi connectivity index (χ1) is 16.3. The molecular weight excluding hydrogens is 454 g/mol. The second kappa shape index (κ2) is 10.8. The molecule has 0 radical (unpaired) electrons. The van der Waals surface area contributed by atoms with Crippen molar-refractivity contribution in [2.75, 3.05) is 38.2 Å². The molecule has 4 rings (SSSR count). The highest BCUT2D eigenvalue weighted by molar-refractivity contribution is 7.89. The second-order valence-corrected chi connectivity index (χ2v) is 10.8. The molecule has 1 fully saturated rings. The molecular formula is C25H33N3O5S. The molecule has 2 aliphatic rings. The molecule has 0 spiro atoms. The third-order valence-corrected chi connectivity index (χ3v) is 7.96. The SMILES string of the molecule is CC(C)Oc1ccc(S(=O)(=O)N2CCOCC2)cc1NCC(=O)NC1CCCc2ccccc21. The molecule has 0 aromatic heterocycles. The first-order valence-corrected chi connectivity index (χ1v) is 13.3. The van der Waals surface area contributed by atoms with Gasteiger partial charge in [-0.1, -0.05) is 24.3 Å². The van der Waals surface area contributed by atoms with E-state index in [2.05, 4.69) is 22.8 Å². The van der Waals surface area contributed by atoms with Gasteiger partial charge in [-0.2, -0.15) is 4.31 Å². The fraction of sp³-hybridized carbons (Fsp3) is 0.480. The summed E-state index contributed by atoms with van der Waals surface area (Å²) in [5, 5.41) is 6.22. The van der Waals surface area contributed by atoms with Gasteiger partial charge < -0.3 is 20.1 Å². The molecule has 34 heavy (non-hydrogen) atoms. The molecule has 1 saturated heterocycles. The molecule has 2 aromatic rings. The van der Waals surface area contributed by atoms with Crippen molar-refractivity contribution in [2.24, 2.45) is 0 Å². The van der Waals surface area contributed by atoms with Crippen LogP contribution in [0.5, 0.6) is 5.75 Å². The van der Waals surface area contributed by atoms with E-state index in [1.807, 2.05) is 26.0 Å². The number of sulfonamides is 1. The van der Waals surface area contributed by atoms with Gasteiger partial charge >= 0.3 is 0 Å². The minimum Gasteiger partial charge on any atom is -0.489 e. The van der Waals surface area contributed by atoms with Crippen LogP contribution in [0, 0.1) is 0 Å². The fourth-order valence-electron chi connectivity index (χ4n) is 4.43. The number of carbonyl (C=O) groups excluding carboxylic acids is 1. The molecule has 2 aromatic carbocycles. The third kappa shape index (κ3) is 5.71. The zero-order valence-corrected chi connectivity index (χ0v) is 20.6. The van der Waals surface area contributed by atoms with Gasteiger partial charge in [-0.25, -0.2) is 8.42 Å². The smallest absolute Gasteiger partial charge is 0.243 e. The Morgan fingerprint density at radius 2 is 1.94 bits per heavy atom. The lowest BCUT2D eigenvalue weighted by Gasteiger charge is -2.27. The van der Waals surface area contributed by atoms with E-state index in [0.717, 1.165) is 19.3 Å². The number of amides is 1. The average molecular weight is 488 g/mol. The highest BCUT2D eigenvalue weighted by atomic mass is 32.2. The first-order valence-electron chi connectivity index (χ1n) is 11.8. The normalized spacial score (nSPS) is 18.9. The van der Waals surface area contributed by atoms with Gasteiger partial charge in [-0.3, -0.25) is 4.79 Å². The quantitative estimate of drug-likeness (QED) is 0.594. The van der Waals surface area contributed by atoms with E-state index in [1.54, 1.807) is 18.2 Å². The Kier molecular flexibility index (Phi) is 7.75. The predicted molar refractivity (Wildman–Crippen MR) is 131 cm³/mol. The first kappa shape index (κ1) is 24.5. The topological polar surface area (TPSA) is 97.0 Å². The maximum atomic E-state index is 13.1. The standard InChI is InChI=1S/C25H33N3O5S/c1-18(2)33-24-11-10-20(34(30,31)28-12-14-32-15-13-28)16-23(24)26-17-25(29)27-22-9-5-7-19-6-3-4-8-21(19)22/h3-4,6,8,10-11,16,18,22,26H,5,7,9,12-15,17H2,1-2H3,(H,27,29). The molecule has 0 saturated carbocycles. The van der Waals surface area contributed by atoms with Crippen LogP contribution in [0.3, 0.4) is 0 Å². The summed E-state index contributed by atoms with van der Waals surface area (Å²) in [6.07, 6.45) is 2.86. The Balaban J connectivity index is 1.48. The Morgan fingerprint density at radius 3 is 2.71 bits per heavy atom. The number of carbonyl (C=O) groups is 1. The Morgan fingerprint density at radius 1 is 1.18 bits per heavy atom. The number of rotatable bonds is 8. The summed E-state index contributed by atoms with van der Waals surface area (Å²) in [5.74, 6) is 0.352. The largest absolute Gasteiger partial charge is 0.489 e. The van der Waals surface area contributed by atoms with Crippen molar-refractivity contribution in [2.45, 2.75) is 50.2 Å². The zero-order valence-electron chi connectivity index (χ0n) is 19.7. The number of nitrogens with one attached hydrogen (secondary N) is 2. The highest BCUT2D eigenvalue weighted by Crippen LogP contribution is 2.31. The number of benzene rings is 2. The predicted octanol–water partition coefficient (Wildman–Crippen LogP) is 3.10. The van der Waals surface area contributed by atoms with Gasteiger partial charge in [0.25, 0.3) is 0 Å². The van der Waals surface area contributed by atoms with Crippen LogP contribution >= 0.6 is 0 Å². The molecule has 9 heteroatoms. The van der Waals surface area contributed by atoms with Gasteiger partial charge in [0.1, 0.15) is 5.75 Å². The lowest BCUT2D eigenvalue weighted by molar-refractivity contribution is -0.120. The van der Waals surface area contributed by atoms with Crippen molar-refractivity contribution < 1.29 is 22.7 Å². The lowest BCUT2D eigenvalue weighted by atomic mass is 9.88. The molecule has 2 N–H and O–H groups in total. The van der Waals surface area contributed by atoms with Crippen molar-refractivity contribution in [1.29, 1.82) is 0 Å². The van der Waals surface area contributed by atoms with Gasteiger partial charge in [0, 0.05) is 13.1 Å². The molecule has 8 nitrogen and oxygen atoms in total. The summed E-state index contributed by atoms with van der Waals surface area (Å²) >= 11 is 0. The number of anilines is 1. The molecule has 1 aliphatic carbocycles. The number of ether oxygens (including phenoxy) is 2. The van der Waals surface area contributed by atoms with Gasteiger partial charge in [0.05, 0.1) is 42.5 Å². The molecule has 1 unspecified atom stereocenters. The van der Waals surface area contributed by atoms with Gasteiger partial charge in [0.2, 0.25) is 15.9 Å². The van der Waals surface area contributed by atoms with E-state index in [9.17, 15) is 13.2 Å². The van der Waals surface area contributed by atoms with Crippen LogP contribution in [0.15, 0.2) is 47.4 Å². The minimum atomic E-state index is -3.67. The maximum Gasteiger partial charge on any atom is 0.243 e. The monoisotopic (exact) mass is 487 g/mol. The summed E-state index contributed by atoms with van der Waals surface area (Å²) < 4.78 is 38.8. The van der Waals surface area contributed by atoms with Crippen molar-refractivity contribution in [3.63, 3.8) is 0 Å². The Labute approximate surface area is 201 Å². The summed E-state index contributed by atoms with van der Waals surface area (Å²) in [7, 11) is -3.67. The summed E-state index contributed by atoms with van der Waals surface area (Å²) in [4.78, 5) is 13.0. The summed E-state index contributed by atoms with van der Waals surface area (Å²) in [6.45, 7) is 5.20. The van der Waals surface area contributed by atoms with Crippen molar-refractivity contribution in [3.05, 3.63) is 53.6 Å². The summed E-state index contributed by atoms with van der Waals surface area (Å²) in [6, 6.07) is 12.9. The number of hydrogen-bond donors (Lipinski definition) is 2.